The molecule has 0 aliphatic heterocycles. The number of hydrogen-bond acceptors (Lipinski definition) is 3. The fourth-order valence-corrected chi connectivity index (χ4v) is 1.74. The smallest absolute Gasteiger partial charge is 0.200 e. The van der Waals surface area contributed by atoms with E-state index >= 15 is 0 Å². The van der Waals surface area contributed by atoms with Crippen LogP contribution in [0.4, 0.5) is 8.78 Å². The SMILES string of the molecule is Cc1ccc(C(Oc2cccc(F)c2F)C(C)N)o1. The van der Waals surface area contributed by atoms with E-state index in [0.717, 1.165) is 6.07 Å². The van der Waals surface area contributed by atoms with Crippen LogP contribution in [-0.2, 0) is 0 Å². The molecule has 19 heavy (non-hydrogen) atoms. The summed E-state index contributed by atoms with van der Waals surface area (Å²) in [7, 11) is 0. The van der Waals surface area contributed by atoms with E-state index in [1.807, 2.05) is 0 Å². The highest BCUT2D eigenvalue weighted by atomic mass is 19.2. The molecule has 0 aliphatic rings. The quantitative estimate of drug-likeness (QED) is 0.924. The van der Waals surface area contributed by atoms with Crippen molar-refractivity contribution in [3.05, 3.63) is 53.5 Å². The van der Waals surface area contributed by atoms with E-state index in [0.29, 0.717) is 11.5 Å². The number of benzene rings is 1. The third-order valence-electron chi connectivity index (χ3n) is 2.69. The van der Waals surface area contributed by atoms with E-state index in [1.165, 1.54) is 12.1 Å². The molecule has 0 aliphatic carbocycles. The van der Waals surface area contributed by atoms with Crippen molar-refractivity contribution in [3.63, 3.8) is 0 Å². The monoisotopic (exact) mass is 267 g/mol. The Morgan fingerprint density at radius 1 is 1.21 bits per heavy atom. The van der Waals surface area contributed by atoms with Crippen LogP contribution in [0.5, 0.6) is 5.75 Å². The van der Waals surface area contributed by atoms with Gasteiger partial charge in [-0.25, -0.2) is 4.39 Å². The summed E-state index contributed by atoms with van der Waals surface area (Å²) < 4.78 is 37.6. The molecule has 0 saturated heterocycles. The average molecular weight is 267 g/mol. The average Bonchev–Trinajstić information content (AvgIpc) is 2.77. The Labute approximate surface area is 110 Å². The molecule has 2 aromatic rings. The maximum atomic E-state index is 13.6. The van der Waals surface area contributed by atoms with Gasteiger partial charge in [-0.05, 0) is 38.1 Å². The molecule has 2 N–H and O–H groups in total. The highest BCUT2D eigenvalue weighted by molar-refractivity contribution is 5.26. The fraction of sp³-hybridized carbons (Fsp3) is 0.286. The van der Waals surface area contributed by atoms with Crippen LogP contribution in [0.1, 0.15) is 24.5 Å². The predicted molar refractivity (Wildman–Crippen MR) is 66.8 cm³/mol. The first-order valence-electron chi connectivity index (χ1n) is 5.91. The van der Waals surface area contributed by atoms with Crippen molar-refractivity contribution >= 4 is 0 Å². The van der Waals surface area contributed by atoms with Gasteiger partial charge in [0.05, 0.1) is 0 Å². The van der Waals surface area contributed by atoms with Crippen molar-refractivity contribution in [1.29, 1.82) is 0 Å². The molecule has 2 unspecified atom stereocenters. The highest BCUT2D eigenvalue weighted by Gasteiger charge is 2.23. The molecule has 2 atom stereocenters. The Morgan fingerprint density at radius 2 is 1.95 bits per heavy atom. The van der Waals surface area contributed by atoms with Crippen molar-refractivity contribution in [3.8, 4) is 5.75 Å². The summed E-state index contributed by atoms with van der Waals surface area (Å²) in [5, 5.41) is 0. The van der Waals surface area contributed by atoms with Gasteiger partial charge in [0.1, 0.15) is 11.5 Å². The third-order valence-corrected chi connectivity index (χ3v) is 2.69. The summed E-state index contributed by atoms with van der Waals surface area (Å²) in [5.41, 5.74) is 5.81. The summed E-state index contributed by atoms with van der Waals surface area (Å²) in [6, 6.07) is 6.79. The Morgan fingerprint density at radius 3 is 2.53 bits per heavy atom. The summed E-state index contributed by atoms with van der Waals surface area (Å²) >= 11 is 0. The standard InChI is InChI=1S/C14H15F2NO2/c1-8-6-7-12(18-8)14(9(2)17)19-11-5-3-4-10(15)13(11)16/h3-7,9,14H,17H2,1-2H3. The topological polar surface area (TPSA) is 48.4 Å². The van der Waals surface area contributed by atoms with Gasteiger partial charge in [-0.15, -0.1) is 0 Å². The van der Waals surface area contributed by atoms with E-state index in [9.17, 15) is 8.78 Å². The Bertz CT molecular complexity index is 566. The Hall–Kier alpha value is -1.88. The lowest BCUT2D eigenvalue weighted by Crippen LogP contribution is -2.29. The van der Waals surface area contributed by atoms with Crippen molar-refractivity contribution in [2.45, 2.75) is 26.0 Å². The maximum Gasteiger partial charge on any atom is 0.200 e. The second kappa shape index (κ2) is 5.40. The number of ether oxygens (including phenoxy) is 1. The summed E-state index contributed by atoms with van der Waals surface area (Å²) in [6.07, 6.45) is -0.676. The predicted octanol–water partition coefficient (Wildman–Crippen LogP) is 3.33. The number of rotatable bonds is 4. The Balaban J connectivity index is 2.29. The number of furan rings is 1. The molecule has 5 heteroatoms. The van der Waals surface area contributed by atoms with Crippen molar-refractivity contribution in [2.24, 2.45) is 5.73 Å². The van der Waals surface area contributed by atoms with Crippen LogP contribution in [0.15, 0.2) is 34.7 Å². The van der Waals surface area contributed by atoms with Gasteiger partial charge in [-0.2, -0.15) is 4.39 Å². The number of nitrogens with two attached hydrogens (primary N) is 1. The van der Waals surface area contributed by atoms with E-state index < -0.39 is 23.8 Å². The molecule has 0 amide bonds. The maximum absolute atomic E-state index is 13.6. The van der Waals surface area contributed by atoms with Crippen LogP contribution in [0.25, 0.3) is 0 Å². The second-order valence-corrected chi connectivity index (χ2v) is 4.40. The molecule has 0 saturated carbocycles. The first kappa shape index (κ1) is 13.5. The zero-order valence-electron chi connectivity index (χ0n) is 10.7. The summed E-state index contributed by atoms with van der Waals surface area (Å²) in [6.45, 7) is 3.49. The molecule has 0 bridgehead atoms. The lowest BCUT2D eigenvalue weighted by molar-refractivity contribution is 0.144. The molecule has 102 valence electrons. The van der Waals surface area contributed by atoms with Gasteiger partial charge in [0.2, 0.25) is 5.82 Å². The molecule has 1 aromatic carbocycles. The van der Waals surface area contributed by atoms with E-state index in [-0.39, 0.29) is 5.75 Å². The number of hydrogen-bond donors (Lipinski definition) is 1. The molecule has 3 nitrogen and oxygen atoms in total. The first-order valence-corrected chi connectivity index (χ1v) is 5.91. The third kappa shape index (κ3) is 2.93. The van der Waals surface area contributed by atoms with Crippen LogP contribution >= 0.6 is 0 Å². The van der Waals surface area contributed by atoms with Gasteiger partial charge < -0.3 is 14.9 Å². The lowest BCUT2D eigenvalue weighted by atomic mass is 10.1. The van der Waals surface area contributed by atoms with Gasteiger partial charge in [0.25, 0.3) is 0 Å². The molecule has 0 fully saturated rings. The van der Waals surface area contributed by atoms with E-state index in [2.05, 4.69) is 0 Å². The molecular formula is C14H15F2NO2. The second-order valence-electron chi connectivity index (χ2n) is 4.40. The molecule has 0 radical (unpaired) electrons. The highest BCUT2D eigenvalue weighted by Crippen LogP contribution is 2.28. The normalized spacial score (nSPS) is 14.2. The molecule has 0 spiro atoms. The number of halogens is 2. The summed E-state index contributed by atoms with van der Waals surface area (Å²) in [4.78, 5) is 0. The van der Waals surface area contributed by atoms with Crippen molar-refractivity contribution in [2.75, 3.05) is 0 Å². The van der Waals surface area contributed by atoms with Gasteiger partial charge in [0, 0.05) is 6.04 Å². The minimum absolute atomic E-state index is 0.184. The molecule has 1 aromatic heterocycles. The minimum Gasteiger partial charge on any atom is -0.478 e. The lowest BCUT2D eigenvalue weighted by Gasteiger charge is -2.20. The Kier molecular flexibility index (Phi) is 3.85. The van der Waals surface area contributed by atoms with Crippen molar-refractivity contribution in [1.82, 2.24) is 0 Å². The molecule has 2 rings (SSSR count). The van der Waals surface area contributed by atoms with E-state index in [4.69, 9.17) is 14.9 Å². The summed E-state index contributed by atoms with van der Waals surface area (Å²) in [5.74, 6) is -0.996. The minimum atomic E-state index is -1.03. The van der Waals surface area contributed by atoms with Gasteiger partial charge in [0.15, 0.2) is 17.7 Å². The van der Waals surface area contributed by atoms with E-state index in [1.54, 1.807) is 26.0 Å². The van der Waals surface area contributed by atoms with Gasteiger partial charge >= 0.3 is 0 Å². The van der Waals surface area contributed by atoms with Crippen LogP contribution in [0, 0.1) is 18.6 Å². The van der Waals surface area contributed by atoms with Crippen molar-refractivity contribution < 1.29 is 17.9 Å². The van der Waals surface area contributed by atoms with Crippen LogP contribution in [0.2, 0.25) is 0 Å². The zero-order valence-corrected chi connectivity index (χ0v) is 10.7. The first-order chi connectivity index (χ1) is 8.99. The molecule has 1 heterocycles. The van der Waals surface area contributed by atoms with Gasteiger partial charge in [-0.3, -0.25) is 0 Å². The molecular weight excluding hydrogens is 252 g/mol. The number of aryl methyl sites for hydroxylation is 1. The largest absolute Gasteiger partial charge is 0.478 e. The van der Waals surface area contributed by atoms with Crippen LogP contribution in [-0.4, -0.2) is 6.04 Å². The fourth-order valence-electron chi connectivity index (χ4n) is 1.74. The van der Waals surface area contributed by atoms with Gasteiger partial charge in [-0.1, -0.05) is 6.07 Å². The van der Waals surface area contributed by atoms with Crippen LogP contribution in [0.3, 0.4) is 0 Å². The van der Waals surface area contributed by atoms with Crippen LogP contribution < -0.4 is 10.5 Å². The zero-order chi connectivity index (χ0) is 14.0.